The van der Waals surface area contributed by atoms with E-state index in [1.165, 1.54) is 44.1 Å². The summed E-state index contributed by atoms with van der Waals surface area (Å²) in [4.78, 5) is 11.7. The summed E-state index contributed by atoms with van der Waals surface area (Å²) in [6.07, 6.45) is 11.5. The van der Waals surface area contributed by atoms with Gasteiger partial charge in [-0.3, -0.25) is 4.79 Å². The van der Waals surface area contributed by atoms with Crippen LogP contribution in [-0.4, -0.2) is 35.5 Å². The van der Waals surface area contributed by atoms with Gasteiger partial charge in [0.05, 0.1) is 0 Å². The number of esters is 1. The van der Waals surface area contributed by atoms with Gasteiger partial charge < -0.3 is 4.74 Å². The van der Waals surface area contributed by atoms with Crippen molar-refractivity contribution in [2.75, 3.05) is 0 Å². The van der Waals surface area contributed by atoms with Crippen molar-refractivity contribution >= 4 is 35.5 Å². The normalized spacial score (nSPS) is 10.1. The average molecular weight is 314 g/mol. The van der Waals surface area contributed by atoms with E-state index in [2.05, 4.69) is 13.8 Å². The molecule has 0 spiro atoms. The van der Waals surface area contributed by atoms with Gasteiger partial charge in [0, 0.05) is 6.42 Å². The van der Waals surface area contributed by atoms with E-state index in [9.17, 15) is 4.79 Å². The molecule has 0 saturated heterocycles. The molecule has 0 amide bonds. The SMILES string of the molecule is CCCCCCCCCCC(=O)Oc1ccc(CC)cc1.[NaH]. The quantitative estimate of drug-likeness (QED) is 0.248. The fourth-order valence-corrected chi connectivity index (χ4v) is 2.38. The second-order valence-electron chi connectivity index (χ2n) is 5.70. The van der Waals surface area contributed by atoms with Crippen LogP contribution in [-0.2, 0) is 11.2 Å². The van der Waals surface area contributed by atoms with Crippen LogP contribution in [0.3, 0.4) is 0 Å². The summed E-state index contributed by atoms with van der Waals surface area (Å²) in [6.45, 7) is 4.35. The number of benzene rings is 1. The molecule has 22 heavy (non-hydrogen) atoms. The molecule has 0 atom stereocenters. The first kappa shape index (κ1) is 21.7. The molecule has 0 unspecified atom stereocenters. The van der Waals surface area contributed by atoms with Crippen LogP contribution in [0.4, 0.5) is 0 Å². The Morgan fingerprint density at radius 3 is 1.95 bits per heavy atom. The van der Waals surface area contributed by atoms with Crippen LogP contribution in [0, 0.1) is 0 Å². The monoisotopic (exact) mass is 314 g/mol. The average Bonchev–Trinajstić information content (AvgIpc) is 2.50. The predicted octanol–water partition coefficient (Wildman–Crippen LogP) is 5.04. The number of hydrogen-bond donors (Lipinski definition) is 0. The van der Waals surface area contributed by atoms with Gasteiger partial charge in [-0.05, 0) is 30.5 Å². The van der Waals surface area contributed by atoms with Crippen molar-refractivity contribution in [2.45, 2.75) is 78.1 Å². The Balaban J connectivity index is 0.00000441. The molecule has 0 bridgehead atoms. The molecule has 1 aromatic carbocycles. The van der Waals surface area contributed by atoms with Crippen molar-refractivity contribution in [3.63, 3.8) is 0 Å². The first-order chi connectivity index (χ1) is 10.3. The third-order valence-electron chi connectivity index (χ3n) is 3.80. The maximum atomic E-state index is 11.7. The molecule has 2 nitrogen and oxygen atoms in total. The molecule has 0 N–H and O–H groups in total. The summed E-state index contributed by atoms with van der Waals surface area (Å²) >= 11 is 0. The van der Waals surface area contributed by atoms with Crippen LogP contribution < -0.4 is 4.74 Å². The molecule has 0 aliphatic heterocycles. The van der Waals surface area contributed by atoms with Gasteiger partial charge >= 0.3 is 35.5 Å². The Morgan fingerprint density at radius 1 is 0.864 bits per heavy atom. The van der Waals surface area contributed by atoms with Gasteiger partial charge in [-0.1, -0.05) is 70.9 Å². The van der Waals surface area contributed by atoms with Crippen molar-refractivity contribution in [3.8, 4) is 5.75 Å². The second-order valence-corrected chi connectivity index (χ2v) is 5.70. The summed E-state index contributed by atoms with van der Waals surface area (Å²) < 4.78 is 5.33. The van der Waals surface area contributed by atoms with Gasteiger partial charge in [0.15, 0.2) is 0 Å². The summed E-state index contributed by atoms with van der Waals surface area (Å²) in [5.41, 5.74) is 1.26. The Kier molecular flexibility index (Phi) is 14.1. The van der Waals surface area contributed by atoms with Crippen LogP contribution in [0.5, 0.6) is 5.75 Å². The fraction of sp³-hybridized carbons (Fsp3) is 0.632. The summed E-state index contributed by atoms with van der Waals surface area (Å²) in [5.74, 6) is 0.557. The summed E-state index contributed by atoms with van der Waals surface area (Å²) in [7, 11) is 0. The molecular formula is C19H31NaO2. The van der Waals surface area contributed by atoms with Crippen molar-refractivity contribution in [1.29, 1.82) is 0 Å². The van der Waals surface area contributed by atoms with Gasteiger partial charge in [0.1, 0.15) is 5.75 Å². The third kappa shape index (κ3) is 10.4. The van der Waals surface area contributed by atoms with E-state index >= 15 is 0 Å². The molecule has 0 heterocycles. The van der Waals surface area contributed by atoms with E-state index in [0.29, 0.717) is 12.2 Å². The zero-order valence-corrected chi connectivity index (χ0v) is 13.7. The van der Waals surface area contributed by atoms with Crippen LogP contribution in [0.1, 0.15) is 77.2 Å². The Labute approximate surface area is 158 Å². The van der Waals surface area contributed by atoms with Crippen LogP contribution in [0.2, 0.25) is 0 Å². The van der Waals surface area contributed by atoms with Crippen LogP contribution in [0.15, 0.2) is 24.3 Å². The van der Waals surface area contributed by atoms with E-state index in [4.69, 9.17) is 4.74 Å². The number of unbranched alkanes of at least 4 members (excludes halogenated alkanes) is 7. The van der Waals surface area contributed by atoms with Gasteiger partial charge in [-0.15, -0.1) is 0 Å². The predicted molar refractivity (Wildman–Crippen MR) is 95.8 cm³/mol. The maximum absolute atomic E-state index is 11.7. The molecule has 0 aromatic heterocycles. The second kappa shape index (κ2) is 14.3. The third-order valence-corrected chi connectivity index (χ3v) is 3.80. The standard InChI is InChI=1S/C19H30O2.Na.H/c1-3-5-6-7-8-9-10-11-12-19(20)21-18-15-13-17(4-2)14-16-18;;/h13-16H,3-12H2,1-2H3;;. The van der Waals surface area contributed by atoms with Crippen molar-refractivity contribution in [3.05, 3.63) is 29.8 Å². The number of carbonyl (C=O) groups excluding carboxylic acids is 1. The topological polar surface area (TPSA) is 26.3 Å². The summed E-state index contributed by atoms with van der Waals surface area (Å²) in [5, 5.41) is 0. The Hall–Kier alpha value is -0.310. The number of hydrogen-bond acceptors (Lipinski definition) is 2. The first-order valence-corrected chi connectivity index (χ1v) is 8.56. The molecule has 1 rings (SSSR count). The van der Waals surface area contributed by atoms with Gasteiger partial charge in [0.25, 0.3) is 0 Å². The van der Waals surface area contributed by atoms with Crippen molar-refractivity contribution in [1.82, 2.24) is 0 Å². The first-order valence-electron chi connectivity index (χ1n) is 8.56. The molecule has 1 aromatic rings. The van der Waals surface area contributed by atoms with Crippen molar-refractivity contribution < 1.29 is 9.53 Å². The van der Waals surface area contributed by atoms with Gasteiger partial charge in [0.2, 0.25) is 0 Å². The molecule has 0 fully saturated rings. The van der Waals surface area contributed by atoms with E-state index in [1.807, 2.05) is 24.3 Å². The number of ether oxygens (including phenoxy) is 1. The molecule has 0 radical (unpaired) electrons. The molecular weight excluding hydrogens is 283 g/mol. The van der Waals surface area contributed by atoms with Crippen LogP contribution in [0.25, 0.3) is 0 Å². The molecule has 0 aliphatic carbocycles. The van der Waals surface area contributed by atoms with Gasteiger partial charge in [-0.25, -0.2) is 0 Å². The van der Waals surface area contributed by atoms with E-state index < -0.39 is 0 Å². The minimum atomic E-state index is -0.106. The fourth-order valence-electron chi connectivity index (χ4n) is 2.38. The van der Waals surface area contributed by atoms with Crippen LogP contribution >= 0.6 is 0 Å². The van der Waals surface area contributed by atoms with E-state index in [-0.39, 0.29) is 35.5 Å². The zero-order valence-electron chi connectivity index (χ0n) is 13.7. The molecule has 0 aliphatic rings. The number of aryl methyl sites for hydroxylation is 1. The van der Waals surface area contributed by atoms with Crippen molar-refractivity contribution in [2.24, 2.45) is 0 Å². The van der Waals surface area contributed by atoms with Gasteiger partial charge in [-0.2, -0.15) is 0 Å². The summed E-state index contributed by atoms with van der Waals surface area (Å²) in [6, 6.07) is 7.78. The zero-order chi connectivity index (χ0) is 15.3. The minimum absolute atomic E-state index is 0. The van der Waals surface area contributed by atoms with E-state index in [0.717, 1.165) is 19.3 Å². The van der Waals surface area contributed by atoms with E-state index in [1.54, 1.807) is 0 Å². The number of carbonyl (C=O) groups is 1. The Morgan fingerprint density at radius 2 is 1.41 bits per heavy atom. The Bertz CT molecular complexity index is 387. The molecule has 0 saturated carbocycles. The number of rotatable bonds is 11. The molecule has 3 heteroatoms. The molecule has 120 valence electrons.